The van der Waals surface area contributed by atoms with Gasteiger partial charge < -0.3 is 4.89 Å². The molecule has 0 aromatic carbocycles. The van der Waals surface area contributed by atoms with Gasteiger partial charge >= 0.3 is 6.72 Å². The molecule has 0 fully saturated rings. The first-order chi connectivity index (χ1) is 7.39. The Morgan fingerprint density at radius 3 is 2.31 bits per heavy atom. The van der Waals surface area contributed by atoms with Gasteiger partial charge in [0.1, 0.15) is 0 Å². The first-order valence-electron chi connectivity index (χ1n) is 4.04. The summed E-state index contributed by atoms with van der Waals surface area (Å²) in [6, 6.07) is 0. The van der Waals surface area contributed by atoms with E-state index in [0.717, 1.165) is 11.4 Å². The number of nitrogens with one attached hydrogen (secondary N) is 2. The lowest BCUT2D eigenvalue weighted by Gasteiger charge is -2.14. The Morgan fingerprint density at radius 2 is 1.88 bits per heavy atom. The fourth-order valence-corrected chi connectivity index (χ4v) is 3.00. The highest BCUT2D eigenvalue weighted by atomic mass is 32.7. The monoisotopic (exact) mass is 312 g/mol. The van der Waals surface area contributed by atoms with E-state index in [-0.39, 0.29) is 13.1 Å². The molecule has 2 atom stereocenters. The summed E-state index contributed by atoms with van der Waals surface area (Å²) in [6.45, 7) is -6.03. The largest absolute Gasteiger partial charge is 0.353 e. The van der Waals surface area contributed by atoms with E-state index in [9.17, 15) is 4.57 Å². The quantitative estimate of drug-likeness (QED) is 0.184. The molecule has 0 rings (SSSR count). The zero-order chi connectivity index (χ0) is 12.7. The molecule has 0 aliphatic carbocycles. The molecule has 0 aromatic rings. The minimum atomic E-state index is -3.31. The van der Waals surface area contributed by atoms with Gasteiger partial charge in [0, 0.05) is 13.1 Å². The summed E-state index contributed by atoms with van der Waals surface area (Å²) in [6.07, 6.45) is 1.96. The van der Waals surface area contributed by atoms with E-state index in [1.807, 2.05) is 0 Å². The molecule has 0 aliphatic rings. The molecule has 12 heteroatoms. The van der Waals surface area contributed by atoms with Crippen molar-refractivity contribution in [3.63, 3.8) is 0 Å². The van der Waals surface area contributed by atoms with E-state index < -0.39 is 13.4 Å². The maximum absolute atomic E-state index is 11.4. The van der Waals surface area contributed by atoms with Crippen molar-refractivity contribution in [2.45, 2.75) is 6.42 Å². The van der Waals surface area contributed by atoms with Crippen molar-refractivity contribution in [3.8, 4) is 0 Å². The van der Waals surface area contributed by atoms with Crippen LogP contribution in [0.5, 0.6) is 0 Å². The van der Waals surface area contributed by atoms with E-state index in [0.29, 0.717) is 6.42 Å². The molecule has 5 N–H and O–H groups in total. The third-order valence-electron chi connectivity index (χ3n) is 1.43. The van der Waals surface area contributed by atoms with Crippen molar-refractivity contribution < 1.29 is 29.3 Å². The van der Waals surface area contributed by atoms with Crippen molar-refractivity contribution in [1.82, 2.24) is 10.2 Å². The lowest BCUT2D eigenvalue weighted by Crippen LogP contribution is -2.19. The summed E-state index contributed by atoms with van der Waals surface area (Å²) in [7, 11) is 0. The zero-order valence-electron chi connectivity index (χ0n) is 8.40. The van der Waals surface area contributed by atoms with E-state index in [2.05, 4.69) is 31.3 Å². The summed E-state index contributed by atoms with van der Waals surface area (Å²) < 4.78 is 18.9. The number of hydrogen-bond acceptors (Lipinski definition) is 7. The van der Waals surface area contributed by atoms with Gasteiger partial charge in [-0.25, -0.2) is 20.7 Å². The van der Waals surface area contributed by atoms with Crippen molar-refractivity contribution in [1.29, 1.82) is 0 Å². The van der Waals surface area contributed by atoms with Gasteiger partial charge in [-0.15, -0.1) is 0 Å². The molecule has 0 aliphatic heterocycles. The van der Waals surface area contributed by atoms with Crippen molar-refractivity contribution in [2.24, 2.45) is 0 Å². The summed E-state index contributed by atoms with van der Waals surface area (Å²) in [5, 5.41) is 21.4. The Kier molecular flexibility index (Phi) is 8.60. The highest BCUT2D eigenvalue weighted by molar-refractivity contribution is 8.55. The van der Waals surface area contributed by atoms with Gasteiger partial charge in [-0.2, -0.15) is 9.35 Å². The van der Waals surface area contributed by atoms with Crippen molar-refractivity contribution in [3.05, 3.63) is 0 Å². The Labute approximate surface area is 102 Å². The van der Waals surface area contributed by atoms with Crippen LogP contribution in [0.25, 0.3) is 0 Å². The summed E-state index contributed by atoms with van der Waals surface area (Å²) in [5.74, 6) is 0. The van der Waals surface area contributed by atoms with Crippen LogP contribution in [-0.2, 0) is 25.7 Å². The van der Waals surface area contributed by atoms with Crippen LogP contribution in [0.4, 0.5) is 0 Å². The Balaban J connectivity index is 3.69. The maximum Gasteiger partial charge on any atom is 0.353 e. The number of rotatable bonds is 9. The third kappa shape index (κ3) is 7.31. The van der Waals surface area contributed by atoms with Crippen molar-refractivity contribution >= 4 is 36.6 Å². The van der Waals surface area contributed by atoms with Crippen LogP contribution in [0.1, 0.15) is 6.42 Å². The molecule has 0 radical (unpaired) electrons. The Bertz CT molecular complexity index is 284. The van der Waals surface area contributed by atoms with Gasteiger partial charge in [-0.05, 0) is 24.5 Å². The van der Waals surface area contributed by atoms with E-state index in [1.165, 1.54) is 6.26 Å². The zero-order valence-corrected chi connectivity index (χ0v) is 11.8. The predicted octanol–water partition coefficient (Wildman–Crippen LogP) is 1.22. The molecule has 8 nitrogen and oxygen atoms in total. The molecule has 0 saturated heterocycles. The van der Waals surface area contributed by atoms with Crippen LogP contribution in [0.15, 0.2) is 0 Å². The highest BCUT2D eigenvalue weighted by Gasteiger charge is 2.20. The molecule has 0 saturated carbocycles. The van der Waals surface area contributed by atoms with Crippen LogP contribution in [0.2, 0.25) is 0 Å². The molecule has 0 bridgehead atoms. The van der Waals surface area contributed by atoms with Crippen molar-refractivity contribution in [2.75, 3.05) is 19.3 Å². The fourth-order valence-electron chi connectivity index (χ4n) is 0.680. The summed E-state index contributed by atoms with van der Waals surface area (Å²) in [4.78, 5) is 9.07. The molecule has 16 heavy (non-hydrogen) atoms. The Morgan fingerprint density at radius 1 is 1.31 bits per heavy atom. The summed E-state index contributed by atoms with van der Waals surface area (Å²) in [5.41, 5.74) is 0. The maximum atomic E-state index is 11.4. The second-order valence-corrected chi connectivity index (χ2v) is 9.92. The van der Waals surface area contributed by atoms with Crippen LogP contribution in [0, 0.1) is 0 Å². The Hall–Kier alpha value is 0.950. The topological polar surface area (TPSA) is 120 Å². The molecular formula is C4H14N2O6P2S2. The predicted molar refractivity (Wildman–Crippen MR) is 65.7 cm³/mol. The number of hydrogen-bond donors (Lipinski definition) is 5. The van der Waals surface area contributed by atoms with E-state index in [1.54, 1.807) is 0 Å². The average Bonchev–Trinajstić information content (AvgIpc) is 2.28. The van der Waals surface area contributed by atoms with Gasteiger partial charge in [-0.1, -0.05) is 11.4 Å². The van der Waals surface area contributed by atoms with Crippen LogP contribution >= 0.6 is 24.7 Å². The average molecular weight is 312 g/mol. The van der Waals surface area contributed by atoms with E-state index >= 15 is 0 Å². The lowest BCUT2D eigenvalue weighted by atomic mass is 10.4. The van der Waals surface area contributed by atoms with Crippen LogP contribution in [0.3, 0.4) is 0 Å². The lowest BCUT2D eigenvalue weighted by molar-refractivity contribution is -0.138. The molecule has 98 valence electrons. The minimum absolute atomic E-state index is 0.251. The third-order valence-corrected chi connectivity index (χ3v) is 6.20. The SMILES string of the molecule is CSP(=O)(NCCCNP(O)(=S)OO)OO. The molecule has 2 unspecified atom stereocenters. The van der Waals surface area contributed by atoms with Gasteiger partial charge in [0.2, 0.25) is 0 Å². The van der Waals surface area contributed by atoms with Gasteiger partial charge in [-0.3, -0.25) is 4.57 Å². The standard InChI is InChI=1S/C4H14N2O6P2S2/c1-16-14(10,12-8)6-4-2-3-5-13(9,15)11-7/h7-8H,2-4H2,1H3,(H,6,10)(H2,5,9,15). The fraction of sp³-hybridized carbons (Fsp3) is 1.00. The van der Waals surface area contributed by atoms with Gasteiger partial charge in [0.05, 0.1) is 0 Å². The second kappa shape index (κ2) is 8.12. The highest BCUT2D eigenvalue weighted by Crippen LogP contribution is 2.53. The van der Waals surface area contributed by atoms with E-state index in [4.69, 9.17) is 15.4 Å². The molecule has 0 amide bonds. The summed E-state index contributed by atoms with van der Waals surface area (Å²) >= 11 is 5.32. The second-order valence-electron chi connectivity index (χ2n) is 2.53. The molecular weight excluding hydrogens is 298 g/mol. The molecule has 0 heterocycles. The van der Waals surface area contributed by atoms with Crippen LogP contribution in [-0.4, -0.2) is 34.8 Å². The first-order valence-corrected chi connectivity index (χ1v) is 10.2. The van der Waals surface area contributed by atoms with Crippen LogP contribution < -0.4 is 10.2 Å². The van der Waals surface area contributed by atoms with Gasteiger partial charge in [0.25, 0.3) is 6.64 Å². The normalized spacial score (nSPS) is 19.0. The first kappa shape index (κ1) is 16.9. The minimum Gasteiger partial charge on any atom is -0.332 e. The van der Waals surface area contributed by atoms with Gasteiger partial charge in [0.15, 0.2) is 0 Å². The molecule has 0 aromatic heterocycles. The smallest absolute Gasteiger partial charge is 0.332 e. The molecule has 0 spiro atoms.